The van der Waals surface area contributed by atoms with E-state index in [2.05, 4.69) is 5.43 Å². The molecule has 3 amide bonds. The fraction of sp³-hybridized carbons (Fsp3) is 0.286. The van der Waals surface area contributed by atoms with Crippen LogP contribution in [0.1, 0.15) is 41.5 Å². The maximum absolute atomic E-state index is 12.8. The number of rotatable bonds is 3. The Morgan fingerprint density at radius 3 is 1.93 bits per heavy atom. The van der Waals surface area contributed by atoms with Gasteiger partial charge in [-0.15, -0.1) is 0 Å². The van der Waals surface area contributed by atoms with E-state index < -0.39 is 17.5 Å². The zero-order chi connectivity index (χ0) is 20.9. The highest BCUT2D eigenvalue weighted by Gasteiger charge is 2.29. The molecule has 7 heteroatoms. The van der Waals surface area contributed by atoms with E-state index in [1.165, 1.54) is 34.2 Å². The molecular formula is C21H25N3O4. The number of nitrogens with one attached hydrogen (secondary N) is 1. The van der Waals surface area contributed by atoms with Crippen LogP contribution in [0.25, 0.3) is 0 Å². The fourth-order valence-corrected chi connectivity index (χ4v) is 2.27. The van der Waals surface area contributed by atoms with Crippen LogP contribution in [0.5, 0.6) is 5.75 Å². The quantitative estimate of drug-likeness (QED) is 0.825. The topological polar surface area (TPSA) is 79.0 Å². The number of carbonyl (C=O) groups excluding carboxylic acids is 3. The van der Waals surface area contributed by atoms with Gasteiger partial charge in [0.15, 0.2) is 0 Å². The Balaban J connectivity index is 2.15. The van der Waals surface area contributed by atoms with Crippen LogP contribution in [0.3, 0.4) is 0 Å². The molecule has 0 saturated heterocycles. The minimum Gasteiger partial charge on any atom is -0.410 e. The summed E-state index contributed by atoms with van der Waals surface area (Å²) in [5, 5.41) is 1.31. The molecule has 0 radical (unpaired) electrons. The maximum atomic E-state index is 12.8. The number of hydrogen-bond acceptors (Lipinski definition) is 4. The first-order valence-corrected chi connectivity index (χ1v) is 8.79. The average Bonchev–Trinajstić information content (AvgIpc) is 2.65. The molecule has 0 bridgehead atoms. The van der Waals surface area contributed by atoms with Crippen molar-refractivity contribution in [1.82, 2.24) is 15.3 Å². The second kappa shape index (κ2) is 8.56. The van der Waals surface area contributed by atoms with Crippen molar-refractivity contribution in [2.24, 2.45) is 0 Å². The summed E-state index contributed by atoms with van der Waals surface area (Å²) < 4.78 is 5.13. The molecule has 0 aliphatic rings. The Kier molecular flexibility index (Phi) is 6.41. The van der Waals surface area contributed by atoms with Crippen molar-refractivity contribution in [1.29, 1.82) is 0 Å². The minimum absolute atomic E-state index is 0.307. The molecule has 0 fully saturated rings. The van der Waals surface area contributed by atoms with Crippen molar-refractivity contribution < 1.29 is 19.1 Å². The normalized spacial score (nSPS) is 10.8. The highest BCUT2D eigenvalue weighted by molar-refractivity contribution is 5.99. The highest BCUT2D eigenvalue weighted by atomic mass is 16.6. The van der Waals surface area contributed by atoms with Crippen LogP contribution in [-0.4, -0.2) is 47.5 Å². The smallest absolute Gasteiger partial charge is 0.410 e. The monoisotopic (exact) mass is 383 g/mol. The molecule has 0 unspecified atom stereocenters. The fourth-order valence-electron chi connectivity index (χ4n) is 2.27. The van der Waals surface area contributed by atoms with Gasteiger partial charge in [0.1, 0.15) is 5.75 Å². The molecule has 2 rings (SSSR count). The van der Waals surface area contributed by atoms with Gasteiger partial charge in [-0.05, 0) is 57.2 Å². The molecule has 148 valence electrons. The Morgan fingerprint density at radius 2 is 1.43 bits per heavy atom. The zero-order valence-corrected chi connectivity index (χ0v) is 16.7. The van der Waals surface area contributed by atoms with Gasteiger partial charge in [0.05, 0.1) is 5.54 Å². The van der Waals surface area contributed by atoms with Crippen LogP contribution in [0.2, 0.25) is 0 Å². The number of hydrazine groups is 1. The lowest BCUT2D eigenvalue weighted by molar-refractivity contribution is 0.0358. The summed E-state index contributed by atoms with van der Waals surface area (Å²) in [7, 11) is 3.16. The molecule has 0 aromatic heterocycles. The molecule has 7 nitrogen and oxygen atoms in total. The SMILES string of the molecule is CN(C)C(=O)Oc1ccc(C(=O)NN(C(=O)c2ccccc2)C(C)(C)C)cc1. The van der Waals surface area contributed by atoms with Crippen LogP contribution in [0.4, 0.5) is 4.79 Å². The summed E-state index contributed by atoms with van der Waals surface area (Å²) in [5.41, 5.74) is 2.85. The standard InChI is InChI=1S/C21H25N3O4/c1-21(2,3)24(19(26)16-9-7-6-8-10-16)22-18(25)15-11-13-17(14-12-15)28-20(27)23(4)5/h6-14H,1-5H3,(H,22,25). The van der Waals surface area contributed by atoms with Gasteiger partial charge in [0, 0.05) is 25.2 Å². The van der Waals surface area contributed by atoms with Gasteiger partial charge < -0.3 is 9.64 Å². The predicted octanol–water partition coefficient (Wildman–Crippen LogP) is 3.33. The van der Waals surface area contributed by atoms with Gasteiger partial charge in [-0.2, -0.15) is 0 Å². The molecule has 0 saturated carbocycles. The molecule has 0 heterocycles. The Hall–Kier alpha value is -3.35. The number of ether oxygens (including phenoxy) is 1. The van der Waals surface area contributed by atoms with E-state index in [1.807, 2.05) is 26.8 Å². The van der Waals surface area contributed by atoms with E-state index in [0.717, 1.165) is 0 Å². The van der Waals surface area contributed by atoms with Crippen LogP contribution in [0.15, 0.2) is 54.6 Å². The lowest BCUT2D eigenvalue weighted by atomic mass is 10.1. The average molecular weight is 383 g/mol. The third-order valence-electron chi connectivity index (χ3n) is 3.79. The molecule has 2 aromatic carbocycles. The van der Waals surface area contributed by atoms with E-state index in [0.29, 0.717) is 16.9 Å². The summed E-state index contributed by atoms with van der Waals surface area (Å²) in [6.07, 6.45) is -0.510. The zero-order valence-electron chi connectivity index (χ0n) is 16.7. The molecular weight excluding hydrogens is 358 g/mol. The Bertz CT molecular complexity index is 840. The predicted molar refractivity (Wildman–Crippen MR) is 106 cm³/mol. The first kappa shape index (κ1) is 21.0. The number of benzene rings is 2. The molecule has 0 atom stereocenters. The third-order valence-corrected chi connectivity index (χ3v) is 3.79. The van der Waals surface area contributed by atoms with Crippen molar-refractivity contribution in [3.8, 4) is 5.75 Å². The van der Waals surface area contributed by atoms with Crippen molar-refractivity contribution in [2.75, 3.05) is 14.1 Å². The summed E-state index contributed by atoms with van der Waals surface area (Å²) in [6, 6.07) is 14.9. The number of hydrogen-bond donors (Lipinski definition) is 1. The third kappa shape index (κ3) is 5.33. The Labute approximate surface area is 164 Å². The molecule has 0 aliphatic heterocycles. The largest absolute Gasteiger partial charge is 0.414 e. The minimum atomic E-state index is -0.635. The molecule has 2 aromatic rings. The summed E-state index contributed by atoms with van der Waals surface area (Å²) in [5.74, 6) is -0.425. The lowest BCUT2D eigenvalue weighted by Gasteiger charge is -2.35. The summed E-state index contributed by atoms with van der Waals surface area (Å²) >= 11 is 0. The van der Waals surface area contributed by atoms with Gasteiger partial charge >= 0.3 is 6.09 Å². The lowest BCUT2D eigenvalue weighted by Crippen LogP contribution is -2.55. The highest BCUT2D eigenvalue weighted by Crippen LogP contribution is 2.17. The van der Waals surface area contributed by atoms with Crippen molar-refractivity contribution >= 4 is 17.9 Å². The van der Waals surface area contributed by atoms with Gasteiger partial charge in [-0.25, -0.2) is 9.80 Å². The number of nitrogens with zero attached hydrogens (tertiary/aromatic N) is 2. The Morgan fingerprint density at radius 1 is 0.857 bits per heavy atom. The number of carbonyl (C=O) groups is 3. The van der Waals surface area contributed by atoms with Crippen molar-refractivity contribution in [3.63, 3.8) is 0 Å². The van der Waals surface area contributed by atoms with Crippen LogP contribution in [-0.2, 0) is 0 Å². The second-order valence-corrected chi connectivity index (χ2v) is 7.41. The maximum Gasteiger partial charge on any atom is 0.414 e. The van der Waals surface area contributed by atoms with Gasteiger partial charge in [-0.3, -0.25) is 15.0 Å². The number of amides is 3. The van der Waals surface area contributed by atoms with E-state index >= 15 is 0 Å². The van der Waals surface area contributed by atoms with Crippen molar-refractivity contribution in [3.05, 3.63) is 65.7 Å². The summed E-state index contributed by atoms with van der Waals surface area (Å²) in [6.45, 7) is 5.49. The molecule has 1 N–H and O–H groups in total. The van der Waals surface area contributed by atoms with Gasteiger partial charge in [-0.1, -0.05) is 18.2 Å². The first-order chi connectivity index (χ1) is 13.1. The molecule has 0 aliphatic carbocycles. The van der Waals surface area contributed by atoms with Crippen LogP contribution < -0.4 is 10.2 Å². The van der Waals surface area contributed by atoms with E-state index in [1.54, 1.807) is 38.4 Å². The van der Waals surface area contributed by atoms with Crippen molar-refractivity contribution in [2.45, 2.75) is 26.3 Å². The van der Waals surface area contributed by atoms with Crippen LogP contribution in [0, 0.1) is 0 Å². The van der Waals surface area contributed by atoms with E-state index in [9.17, 15) is 14.4 Å². The van der Waals surface area contributed by atoms with Crippen LogP contribution >= 0.6 is 0 Å². The second-order valence-electron chi connectivity index (χ2n) is 7.41. The van der Waals surface area contributed by atoms with Gasteiger partial charge in [0.2, 0.25) is 0 Å². The first-order valence-electron chi connectivity index (χ1n) is 8.79. The van der Waals surface area contributed by atoms with E-state index in [-0.39, 0.29) is 5.91 Å². The van der Waals surface area contributed by atoms with E-state index in [4.69, 9.17) is 4.74 Å². The molecule has 28 heavy (non-hydrogen) atoms. The molecule has 0 spiro atoms. The summed E-state index contributed by atoms with van der Waals surface area (Å²) in [4.78, 5) is 38.4. The van der Waals surface area contributed by atoms with Gasteiger partial charge in [0.25, 0.3) is 11.8 Å².